The van der Waals surface area contributed by atoms with Gasteiger partial charge >= 0.3 is 0 Å². The Kier molecular flexibility index (Phi) is 5.64. The van der Waals surface area contributed by atoms with Crippen molar-refractivity contribution in [3.8, 4) is 0 Å². The molecule has 2 heteroatoms. The molecule has 0 radical (unpaired) electrons. The Bertz CT molecular complexity index is 168. The van der Waals surface area contributed by atoms with Gasteiger partial charge in [-0.2, -0.15) is 0 Å². The second kappa shape index (κ2) is 7.29. The molecule has 94 valence electrons. The zero-order valence-electron chi connectivity index (χ0n) is 10.6. The van der Waals surface area contributed by atoms with Crippen molar-refractivity contribution in [2.45, 2.75) is 63.8 Å². The quantitative estimate of drug-likeness (QED) is 0.718. The van der Waals surface area contributed by atoms with Crippen LogP contribution in [0.25, 0.3) is 0 Å². The monoisotopic (exact) mass is 224 g/mol. The highest BCUT2D eigenvalue weighted by atomic mass is 15.0. The SMILES string of the molecule is C1CCCC(CCNC2CCNCC2)CC1. The number of hydrogen-bond acceptors (Lipinski definition) is 2. The molecule has 2 nitrogen and oxygen atoms in total. The molecular formula is C14H28N2. The van der Waals surface area contributed by atoms with E-state index >= 15 is 0 Å². The van der Waals surface area contributed by atoms with E-state index in [-0.39, 0.29) is 0 Å². The van der Waals surface area contributed by atoms with E-state index in [4.69, 9.17) is 0 Å². The maximum atomic E-state index is 3.75. The second-order valence-electron chi connectivity index (χ2n) is 5.62. The first kappa shape index (κ1) is 12.4. The molecule has 0 spiro atoms. The van der Waals surface area contributed by atoms with Gasteiger partial charge < -0.3 is 10.6 Å². The van der Waals surface area contributed by atoms with E-state index in [1.807, 2.05) is 0 Å². The van der Waals surface area contributed by atoms with E-state index in [2.05, 4.69) is 10.6 Å². The molecule has 2 fully saturated rings. The maximum Gasteiger partial charge on any atom is 0.00912 e. The summed E-state index contributed by atoms with van der Waals surface area (Å²) in [7, 11) is 0. The fourth-order valence-electron chi connectivity index (χ4n) is 3.17. The number of piperidine rings is 1. The van der Waals surface area contributed by atoms with Gasteiger partial charge in [0.1, 0.15) is 0 Å². The van der Waals surface area contributed by atoms with Crippen LogP contribution in [-0.4, -0.2) is 25.7 Å². The smallest absolute Gasteiger partial charge is 0.00912 e. The predicted octanol–water partition coefficient (Wildman–Crippen LogP) is 2.69. The van der Waals surface area contributed by atoms with Crippen LogP contribution >= 0.6 is 0 Å². The van der Waals surface area contributed by atoms with Crippen molar-refractivity contribution in [2.24, 2.45) is 5.92 Å². The van der Waals surface area contributed by atoms with Crippen molar-refractivity contribution in [2.75, 3.05) is 19.6 Å². The van der Waals surface area contributed by atoms with Crippen LogP contribution in [-0.2, 0) is 0 Å². The molecule has 1 saturated heterocycles. The Morgan fingerprint density at radius 3 is 2.25 bits per heavy atom. The molecule has 0 atom stereocenters. The third kappa shape index (κ3) is 4.42. The molecule has 1 aliphatic carbocycles. The molecule has 1 aliphatic heterocycles. The van der Waals surface area contributed by atoms with Crippen LogP contribution in [0.2, 0.25) is 0 Å². The highest BCUT2D eigenvalue weighted by Gasteiger charge is 2.14. The van der Waals surface area contributed by atoms with E-state index in [9.17, 15) is 0 Å². The van der Waals surface area contributed by atoms with Gasteiger partial charge in [0.2, 0.25) is 0 Å². The molecule has 0 aromatic carbocycles. The van der Waals surface area contributed by atoms with E-state index in [1.54, 1.807) is 0 Å². The lowest BCUT2D eigenvalue weighted by Gasteiger charge is -2.24. The van der Waals surface area contributed by atoms with Crippen LogP contribution in [0.4, 0.5) is 0 Å². The Balaban J connectivity index is 1.55. The van der Waals surface area contributed by atoms with Crippen LogP contribution in [0, 0.1) is 5.92 Å². The summed E-state index contributed by atoms with van der Waals surface area (Å²) in [4.78, 5) is 0. The molecular weight excluding hydrogens is 196 g/mol. The van der Waals surface area contributed by atoms with Crippen LogP contribution < -0.4 is 10.6 Å². The molecule has 16 heavy (non-hydrogen) atoms. The largest absolute Gasteiger partial charge is 0.317 e. The van der Waals surface area contributed by atoms with Gasteiger partial charge in [-0.15, -0.1) is 0 Å². The summed E-state index contributed by atoms with van der Waals surface area (Å²) in [6.07, 6.45) is 13.0. The van der Waals surface area contributed by atoms with E-state index in [0.29, 0.717) is 0 Å². The third-order valence-electron chi connectivity index (χ3n) is 4.30. The second-order valence-corrected chi connectivity index (χ2v) is 5.62. The number of hydrogen-bond donors (Lipinski definition) is 2. The van der Waals surface area contributed by atoms with Gasteiger partial charge in [-0.25, -0.2) is 0 Å². The van der Waals surface area contributed by atoms with Crippen LogP contribution in [0.1, 0.15) is 57.8 Å². The predicted molar refractivity (Wildman–Crippen MR) is 69.7 cm³/mol. The molecule has 0 aromatic rings. The van der Waals surface area contributed by atoms with Crippen LogP contribution in [0.5, 0.6) is 0 Å². The van der Waals surface area contributed by atoms with Gasteiger partial charge in [0, 0.05) is 6.04 Å². The first-order valence-electron chi connectivity index (χ1n) is 7.39. The number of nitrogens with one attached hydrogen (secondary N) is 2. The van der Waals surface area contributed by atoms with E-state index in [0.717, 1.165) is 12.0 Å². The Morgan fingerprint density at radius 1 is 0.875 bits per heavy atom. The highest BCUT2D eigenvalue weighted by molar-refractivity contribution is 4.75. The Labute approximate surface area is 101 Å². The molecule has 0 aromatic heterocycles. The van der Waals surface area contributed by atoms with E-state index < -0.39 is 0 Å². The summed E-state index contributed by atoms with van der Waals surface area (Å²) in [5, 5.41) is 7.17. The zero-order chi connectivity index (χ0) is 11.1. The first-order valence-corrected chi connectivity index (χ1v) is 7.39. The number of rotatable bonds is 4. The molecule has 1 saturated carbocycles. The Hall–Kier alpha value is -0.0800. The normalized spacial score (nSPS) is 25.5. The minimum Gasteiger partial charge on any atom is -0.317 e. The lowest BCUT2D eigenvalue weighted by atomic mass is 9.96. The average Bonchev–Trinajstić information content (AvgIpc) is 2.59. The Morgan fingerprint density at radius 2 is 1.56 bits per heavy atom. The fraction of sp³-hybridized carbons (Fsp3) is 1.00. The summed E-state index contributed by atoms with van der Waals surface area (Å²) < 4.78 is 0. The third-order valence-corrected chi connectivity index (χ3v) is 4.30. The summed E-state index contributed by atoms with van der Waals surface area (Å²) in [5.41, 5.74) is 0. The first-order chi connectivity index (χ1) is 7.95. The van der Waals surface area contributed by atoms with Gasteiger partial charge in [-0.3, -0.25) is 0 Å². The van der Waals surface area contributed by atoms with Crippen molar-refractivity contribution in [1.29, 1.82) is 0 Å². The minimum atomic E-state index is 0.798. The van der Waals surface area contributed by atoms with Gasteiger partial charge in [-0.05, 0) is 44.8 Å². The summed E-state index contributed by atoms with van der Waals surface area (Å²) in [6.45, 7) is 3.68. The van der Waals surface area contributed by atoms with Gasteiger partial charge in [0.15, 0.2) is 0 Å². The molecule has 2 aliphatic rings. The highest BCUT2D eigenvalue weighted by Crippen LogP contribution is 2.24. The lowest BCUT2D eigenvalue weighted by Crippen LogP contribution is -2.40. The summed E-state index contributed by atoms with van der Waals surface area (Å²) in [5.74, 6) is 1.02. The van der Waals surface area contributed by atoms with Gasteiger partial charge in [-0.1, -0.05) is 38.5 Å². The lowest BCUT2D eigenvalue weighted by molar-refractivity contribution is 0.355. The summed E-state index contributed by atoms with van der Waals surface area (Å²) in [6, 6.07) is 0.798. The standard InChI is InChI=1S/C14H28N2/c1-2-4-6-13(5-3-1)7-12-16-14-8-10-15-11-9-14/h13-16H,1-12H2. The molecule has 0 unspecified atom stereocenters. The van der Waals surface area contributed by atoms with Crippen molar-refractivity contribution in [3.05, 3.63) is 0 Å². The van der Waals surface area contributed by atoms with Gasteiger partial charge in [0.05, 0.1) is 0 Å². The van der Waals surface area contributed by atoms with Crippen molar-refractivity contribution < 1.29 is 0 Å². The fourth-order valence-corrected chi connectivity index (χ4v) is 3.17. The van der Waals surface area contributed by atoms with Gasteiger partial charge in [0.25, 0.3) is 0 Å². The molecule has 2 N–H and O–H groups in total. The minimum absolute atomic E-state index is 0.798. The van der Waals surface area contributed by atoms with E-state index in [1.165, 1.54) is 77.4 Å². The van der Waals surface area contributed by atoms with Crippen LogP contribution in [0.3, 0.4) is 0 Å². The zero-order valence-corrected chi connectivity index (χ0v) is 10.6. The average molecular weight is 224 g/mol. The van der Waals surface area contributed by atoms with Crippen molar-refractivity contribution in [1.82, 2.24) is 10.6 Å². The summed E-state index contributed by atoms with van der Waals surface area (Å²) >= 11 is 0. The maximum absolute atomic E-state index is 3.75. The van der Waals surface area contributed by atoms with Crippen molar-refractivity contribution >= 4 is 0 Å². The topological polar surface area (TPSA) is 24.1 Å². The molecule has 0 amide bonds. The molecule has 0 bridgehead atoms. The molecule has 2 rings (SSSR count). The van der Waals surface area contributed by atoms with Crippen LogP contribution in [0.15, 0.2) is 0 Å². The van der Waals surface area contributed by atoms with Crippen molar-refractivity contribution in [3.63, 3.8) is 0 Å². The molecule has 1 heterocycles.